The molecule has 2 N–H and O–H groups in total. The summed E-state index contributed by atoms with van der Waals surface area (Å²) in [6.45, 7) is 8.44. The molecular formula is C22H25N3O4. The molecule has 0 heterocycles. The zero-order chi connectivity index (χ0) is 21.4. The Hall–Kier alpha value is -3.61. The van der Waals surface area contributed by atoms with Crippen LogP contribution < -0.4 is 15.4 Å². The maximum Gasteiger partial charge on any atom is 0.259 e. The summed E-state index contributed by atoms with van der Waals surface area (Å²) < 4.78 is 5.26. The molecule has 0 aromatic heterocycles. The minimum absolute atomic E-state index is 0.0992. The van der Waals surface area contributed by atoms with Crippen LogP contribution in [0.15, 0.2) is 55.1 Å². The molecule has 0 saturated carbocycles. The van der Waals surface area contributed by atoms with Crippen LogP contribution >= 0.6 is 0 Å². The van der Waals surface area contributed by atoms with E-state index in [0.717, 1.165) is 6.08 Å². The number of carbonyl (C=O) groups excluding carboxylic acids is 3. The van der Waals surface area contributed by atoms with Crippen molar-refractivity contribution in [1.29, 1.82) is 0 Å². The lowest BCUT2D eigenvalue weighted by Gasteiger charge is -2.19. The van der Waals surface area contributed by atoms with Crippen LogP contribution in [0.5, 0.6) is 5.75 Å². The Morgan fingerprint density at radius 1 is 1.03 bits per heavy atom. The Bertz CT molecular complexity index is 920. The van der Waals surface area contributed by atoms with Crippen molar-refractivity contribution < 1.29 is 19.1 Å². The number of anilines is 2. The van der Waals surface area contributed by atoms with E-state index in [1.165, 1.54) is 13.2 Å². The second-order valence-corrected chi connectivity index (χ2v) is 6.12. The zero-order valence-electron chi connectivity index (χ0n) is 16.8. The number of hydrogen-bond donors (Lipinski definition) is 2. The molecular weight excluding hydrogens is 370 g/mol. The Morgan fingerprint density at radius 3 is 2.34 bits per heavy atom. The van der Waals surface area contributed by atoms with E-state index in [9.17, 15) is 14.4 Å². The highest BCUT2D eigenvalue weighted by atomic mass is 16.5. The maximum absolute atomic E-state index is 12.8. The summed E-state index contributed by atoms with van der Waals surface area (Å²) in [5, 5.41) is 5.38. The minimum atomic E-state index is -0.427. The first-order valence-corrected chi connectivity index (χ1v) is 9.25. The average Bonchev–Trinajstić information content (AvgIpc) is 2.74. The van der Waals surface area contributed by atoms with Crippen molar-refractivity contribution in [2.24, 2.45) is 0 Å². The predicted molar refractivity (Wildman–Crippen MR) is 113 cm³/mol. The second kappa shape index (κ2) is 10.1. The number of ether oxygens (including phenoxy) is 1. The van der Waals surface area contributed by atoms with Crippen molar-refractivity contribution in [2.75, 3.05) is 30.8 Å². The number of nitrogens with zero attached hydrogens (tertiary/aromatic N) is 1. The van der Waals surface area contributed by atoms with Crippen molar-refractivity contribution in [3.63, 3.8) is 0 Å². The quantitative estimate of drug-likeness (QED) is 0.669. The smallest absolute Gasteiger partial charge is 0.259 e. The number of nitrogens with one attached hydrogen (secondary N) is 2. The van der Waals surface area contributed by atoms with E-state index in [4.69, 9.17) is 4.74 Å². The Morgan fingerprint density at radius 2 is 1.72 bits per heavy atom. The lowest BCUT2D eigenvalue weighted by Crippen LogP contribution is -2.30. The van der Waals surface area contributed by atoms with Crippen molar-refractivity contribution in [3.05, 3.63) is 66.2 Å². The highest BCUT2D eigenvalue weighted by molar-refractivity contribution is 6.08. The van der Waals surface area contributed by atoms with Gasteiger partial charge in [-0.2, -0.15) is 0 Å². The van der Waals surface area contributed by atoms with E-state index < -0.39 is 5.91 Å². The molecule has 2 rings (SSSR count). The maximum atomic E-state index is 12.8. The fourth-order valence-corrected chi connectivity index (χ4v) is 2.78. The van der Waals surface area contributed by atoms with Gasteiger partial charge in [-0.3, -0.25) is 14.4 Å². The fourth-order valence-electron chi connectivity index (χ4n) is 2.78. The van der Waals surface area contributed by atoms with E-state index in [1.807, 2.05) is 13.8 Å². The first-order chi connectivity index (χ1) is 13.9. The molecule has 152 valence electrons. The molecule has 0 aliphatic carbocycles. The molecule has 0 spiro atoms. The molecule has 0 bridgehead atoms. The van der Waals surface area contributed by atoms with Gasteiger partial charge >= 0.3 is 0 Å². The Kier molecular flexibility index (Phi) is 7.54. The summed E-state index contributed by atoms with van der Waals surface area (Å²) in [5.74, 6) is -0.555. The number of methoxy groups -OCH3 is 1. The molecule has 0 radical (unpaired) electrons. The lowest BCUT2D eigenvalue weighted by molar-refractivity contribution is -0.111. The highest BCUT2D eigenvalue weighted by Gasteiger charge is 2.16. The van der Waals surface area contributed by atoms with Crippen molar-refractivity contribution >= 4 is 29.1 Å². The fraction of sp³-hybridized carbons (Fsp3) is 0.227. The molecule has 0 unspecified atom stereocenters. The molecule has 0 fully saturated rings. The van der Waals surface area contributed by atoms with Crippen LogP contribution in [0.3, 0.4) is 0 Å². The Labute approximate surface area is 170 Å². The third kappa shape index (κ3) is 5.44. The standard InChI is InChI=1S/C22H25N3O4/c1-5-20(26)23-17-11-12-19(29-4)18(14-17)21(27)24-16-10-8-9-15(13-16)22(28)25(6-2)7-3/h5,8-14H,1,6-7H2,2-4H3,(H,23,26)(H,24,27). The van der Waals surface area contributed by atoms with Gasteiger partial charge in [0.25, 0.3) is 11.8 Å². The first kappa shape index (κ1) is 21.7. The molecule has 2 aromatic carbocycles. The summed E-state index contributed by atoms with van der Waals surface area (Å²) in [4.78, 5) is 38.6. The number of amides is 3. The molecule has 0 saturated heterocycles. The SMILES string of the molecule is C=CC(=O)Nc1ccc(OC)c(C(=O)Nc2cccc(C(=O)N(CC)CC)c2)c1. The third-order valence-electron chi connectivity index (χ3n) is 4.32. The summed E-state index contributed by atoms with van der Waals surface area (Å²) in [6, 6.07) is 11.5. The van der Waals surface area contributed by atoms with Crippen molar-refractivity contribution in [1.82, 2.24) is 4.90 Å². The summed E-state index contributed by atoms with van der Waals surface area (Å²) in [5.41, 5.74) is 1.65. The molecule has 29 heavy (non-hydrogen) atoms. The number of benzene rings is 2. The van der Waals surface area contributed by atoms with Gasteiger partial charge in [0.15, 0.2) is 0 Å². The van der Waals surface area contributed by atoms with Crippen LogP contribution in [0.4, 0.5) is 11.4 Å². The summed E-state index contributed by atoms with van der Waals surface area (Å²) >= 11 is 0. The van der Waals surface area contributed by atoms with Crippen molar-refractivity contribution in [3.8, 4) is 5.75 Å². The van der Waals surface area contributed by atoms with Gasteiger partial charge in [-0.05, 0) is 56.3 Å². The van der Waals surface area contributed by atoms with Crippen LogP contribution in [-0.2, 0) is 4.79 Å². The number of rotatable bonds is 8. The molecule has 0 aliphatic rings. The van der Waals surface area contributed by atoms with E-state index in [0.29, 0.717) is 35.8 Å². The number of carbonyl (C=O) groups is 3. The van der Waals surface area contributed by atoms with Gasteiger partial charge in [-0.1, -0.05) is 12.6 Å². The van der Waals surface area contributed by atoms with Gasteiger partial charge in [0.05, 0.1) is 12.7 Å². The normalized spacial score (nSPS) is 10.0. The third-order valence-corrected chi connectivity index (χ3v) is 4.32. The van der Waals surface area contributed by atoms with Crippen LogP contribution in [0.25, 0.3) is 0 Å². The van der Waals surface area contributed by atoms with Crippen LogP contribution in [-0.4, -0.2) is 42.8 Å². The highest BCUT2D eigenvalue weighted by Crippen LogP contribution is 2.24. The monoisotopic (exact) mass is 395 g/mol. The summed E-state index contributed by atoms with van der Waals surface area (Å²) in [7, 11) is 1.46. The molecule has 7 nitrogen and oxygen atoms in total. The summed E-state index contributed by atoms with van der Waals surface area (Å²) in [6.07, 6.45) is 1.14. The van der Waals surface area contributed by atoms with Gasteiger partial charge < -0.3 is 20.3 Å². The predicted octanol–water partition coefficient (Wildman–Crippen LogP) is 3.55. The minimum Gasteiger partial charge on any atom is -0.496 e. The van der Waals surface area contributed by atoms with Crippen molar-refractivity contribution in [2.45, 2.75) is 13.8 Å². The largest absolute Gasteiger partial charge is 0.496 e. The first-order valence-electron chi connectivity index (χ1n) is 9.25. The van der Waals surface area contributed by atoms with Gasteiger partial charge in [0.1, 0.15) is 5.75 Å². The lowest BCUT2D eigenvalue weighted by atomic mass is 10.1. The van der Waals surface area contributed by atoms with E-state index >= 15 is 0 Å². The van der Waals surface area contributed by atoms with E-state index in [1.54, 1.807) is 41.3 Å². The van der Waals surface area contributed by atoms with Gasteiger partial charge in [0.2, 0.25) is 5.91 Å². The van der Waals surface area contributed by atoms with Crippen LogP contribution in [0, 0.1) is 0 Å². The zero-order valence-corrected chi connectivity index (χ0v) is 16.8. The molecule has 2 aromatic rings. The molecule has 0 atom stereocenters. The average molecular weight is 395 g/mol. The second-order valence-electron chi connectivity index (χ2n) is 6.12. The Balaban J connectivity index is 2.27. The van der Waals surface area contributed by atoms with Crippen LogP contribution in [0.2, 0.25) is 0 Å². The molecule has 3 amide bonds. The van der Waals surface area contributed by atoms with E-state index in [-0.39, 0.29) is 17.4 Å². The molecule has 0 aliphatic heterocycles. The van der Waals surface area contributed by atoms with E-state index in [2.05, 4.69) is 17.2 Å². The molecule has 7 heteroatoms. The van der Waals surface area contributed by atoms with Gasteiger partial charge in [0, 0.05) is 30.0 Å². The van der Waals surface area contributed by atoms with Gasteiger partial charge in [-0.15, -0.1) is 0 Å². The van der Waals surface area contributed by atoms with Gasteiger partial charge in [-0.25, -0.2) is 0 Å². The number of hydrogen-bond acceptors (Lipinski definition) is 4. The van der Waals surface area contributed by atoms with Crippen LogP contribution in [0.1, 0.15) is 34.6 Å². The topological polar surface area (TPSA) is 87.7 Å².